The molecule has 0 fully saturated rings. The Morgan fingerprint density at radius 1 is 0.818 bits per heavy atom. The van der Waals surface area contributed by atoms with E-state index in [-0.39, 0.29) is 5.78 Å². The zero-order chi connectivity index (χ0) is 15.5. The quantitative estimate of drug-likeness (QED) is 0.637. The number of aromatic nitrogens is 1. The molecule has 0 aliphatic rings. The summed E-state index contributed by atoms with van der Waals surface area (Å²) < 4.78 is 0. The average molecular weight is 330 g/mol. The summed E-state index contributed by atoms with van der Waals surface area (Å²) in [5.74, 6) is 0.119. The molecule has 1 aromatic heterocycles. The number of nitrogens with zero attached hydrogens (tertiary/aromatic N) is 1. The second kappa shape index (κ2) is 6.47. The maximum atomic E-state index is 12.2. The number of fused-ring (bicyclic) bond motifs is 1. The van der Waals surface area contributed by atoms with Crippen LogP contribution in [0, 0.1) is 0 Å². The van der Waals surface area contributed by atoms with Crippen molar-refractivity contribution in [1.82, 2.24) is 4.98 Å². The van der Waals surface area contributed by atoms with E-state index in [0.29, 0.717) is 23.1 Å². The summed E-state index contributed by atoms with van der Waals surface area (Å²) in [7, 11) is 0. The number of halogens is 2. The molecule has 22 heavy (non-hydrogen) atoms. The van der Waals surface area contributed by atoms with Crippen LogP contribution >= 0.6 is 23.2 Å². The third kappa shape index (κ3) is 3.65. The topological polar surface area (TPSA) is 30.0 Å². The van der Waals surface area contributed by atoms with Gasteiger partial charge in [-0.05, 0) is 34.0 Å². The first-order valence-electron chi connectivity index (χ1n) is 6.91. The molecule has 3 rings (SSSR count). The van der Waals surface area contributed by atoms with Gasteiger partial charge in [0.25, 0.3) is 0 Å². The lowest BCUT2D eigenvalue weighted by Crippen LogP contribution is -2.06. The lowest BCUT2D eigenvalue weighted by atomic mass is 10.0. The zero-order valence-electron chi connectivity index (χ0n) is 11.7. The summed E-state index contributed by atoms with van der Waals surface area (Å²) in [5, 5.41) is 2.93. The molecular weight excluding hydrogens is 317 g/mol. The second-order valence-corrected chi connectivity index (χ2v) is 5.97. The molecule has 1 heterocycles. The SMILES string of the molecule is O=C(Cc1cc(Cl)nc(Cl)c1)Cc1ccc2ccccc2c1. The van der Waals surface area contributed by atoms with E-state index in [4.69, 9.17) is 23.2 Å². The normalized spacial score (nSPS) is 10.8. The highest BCUT2D eigenvalue weighted by atomic mass is 35.5. The van der Waals surface area contributed by atoms with Gasteiger partial charge in [0, 0.05) is 12.8 Å². The van der Waals surface area contributed by atoms with Crippen LogP contribution < -0.4 is 0 Å². The number of rotatable bonds is 4. The Balaban J connectivity index is 1.75. The molecule has 0 aliphatic carbocycles. The fourth-order valence-electron chi connectivity index (χ4n) is 2.48. The first-order chi connectivity index (χ1) is 10.6. The molecule has 2 nitrogen and oxygen atoms in total. The highest BCUT2D eigenvalue weighted by Gasteiger charge is 2.08. The second-order valence-electron chi connectivity index (χ2n) is 5.19. The van der Waals surface area contributed by atoms with Crippen LogP contribution in [0.15, 0.2) is 54.6 Å². The summed E-state index contributed by atoms with van der Waals surface area (Å²) in [4.78, 5) is 16.1. The summed E-state index contributed by atoms with van der Waals surface area (Å²) in [5.41, 5.74) is 1.80. The average Bonchev–Trinajstić information content (AvgIpc) is 2.45. The molecule has 0 aliphatic heterocycles. The van der Waals surface area contributed by atoms with Crippen LogP contribution in [0.3, 0.4) is 0 Å². The van der Waals surface area contributed by atoms with E-state index >= 15 is 0 Å². The van der Waals surface area contributed by atoms with Gasteiger partial charge in [0.15, 0.2) is 0 Å². The largest absolute Gasteiger partial charge is 0.299 e. The number of benzene rings is 2. The van der Waals surface area contributed by atoms with E-state index in [1.165, 1.54) is 5.39 Å². The highest BCUT2D eigenvalue weighted by molar-refractivity contribution is 6.32. The van der Waals surface area contributed by atoms with Crippen molar-refractivity contribution >= 4 is 39.8 Å². The molecule has 0 radical (unpaired) electrons. The molecule has 0 spiro atoms. The Labute approximate surface area is 138 Å². The molecule has 0 atom stereocenters. The minimum atomic E-state index is 0.119. The number of hydrogen-bond donors (Lipinski definition) is 0. The van der Waals surface area contributed by atoms with E-state index in [9.17, 15) is 4.79 Å². The maximum Gasteiger partial charge on any atom is 0.141 e. The van der Waals surface area contributed by atoms with Crippen LogP contribution in [0.25, 0.3) is 10.8 Å². The third-order valence-electron chi connectivity index (χ3n) is 3.44. The van der Waals surface area contributed by atoms with Crippen molar-refractivity contribution in [2.75, 3.05) is 0 Å². The monoisotopic (exact) mass is 329 g/mol. The Kier molecular flexibility index (Phi) is 4.41. The van der Waals surface area contributed by atoms with Crippen LogP contribution in [0.2, 0.25) is 10.3 Å². The highest BCUT2D eigenvalue weighted by Crippen LogP contribution is 2.18. The molecule has 3 aromatic rings. The van der Waals surface area contributed by atoms with Gasteiger partial charge in [0.05, 0.1) is 0 Å². The van der Waals surface area contributed by atoms with Gasteiger partial charge in [0.2, 0.25) is 0 Å². The molecule has 4 heteroatoms. The van der Waals surface area contributed by atoms with Gasteiger partial charge in [-0.15, -0.1) is 0 Å². The molecule has 0 bridgehead atoms. The van der Waals surface area contributed by atoms with Crippen molar-refractivity contribution in [2.24, 2.45) is 0 Å². The lowest BCUT2D eigenvalue weighted by molar-refractivity contribution is -0.117. The van der Waals surface area contributed by atoms with Crippen molar-refractivity contribution in [3.05, 3.63) is 76.0 Å². The van der Waals surface area contributed by atoms with Crippen molar-refractivity contribution in [3.63, 3.8) is 0 Å². The zero-order valence-corrected chi connectivity index (χ0v) is 13.2. The van der Waals surface area contributed by atoms with Gasteiger partial charge in [-0.2, -0.15) is 0 Å². The van der Waals surface area contributed by atoms with Crippen LogP contribution in [-0.4, -0.2) is 10.8 Å². The molecule has 0 unspecified atom stereocenters. The molecule has 2 aromatic carbocycles. The van der Waals surface area contributed by atoms with Crippen molar-refractivity contribution in [1.29, 1.82) is 0 Å². The van der Waals surface area contributed by atoms with Gasteiger partial charge < -0.3 is 0 Å². The van der Waals surface area contributed by atoms with Crippen LogP contribution in [0.1, 0.15) is 11.1 Å². The van der Waals surface area contributed by atoms with Crippen molar-refractivity contribution < 1.29 is 4.79 Å². The number of carbonyl (C=O) groups is 1. The number of carbonyl (C=O) groups excluding carboxylic acids is 1. The standard InChI is InChI=1S/C18H13Cl2NO/c19-17-10-13(11-18(20)21-17)9-16(22)8-12-5-6-14-3-1-2-4-15(14)7-12/h1-7,10-11H,8-9H2. The number of pyridine rings is 1. The fourth-order valence-corrected chi connectivity index (χ4v) is 2.99. The molecule has 0 saturated carbocycles. The minimum absolute atomic E-state index is 0.119. The summed E-state index contributed by atoms with van der Waals surface area (Å²) in [6, 6.07) is 17.5. The molecule has 0 N–H and O–H groups in total. The van der Waals surface area contributed by atoms with E-state index in [2.05, 4.69) is 17.1 Å². The third-order valence-corrected chi connectivity index (χ3v) is 3.83. The summed E-state index contributed by atoms with van der Waals surface area (Å²) >= 11 is 11.7. The molecular formula is C18H13Cl2NO. The van der Waals surface area contributed by atoms with E-state index in [0.717, 1.165) is 16.5 Å². The Bertz CT molecular complexity index is 825. The van der Waals surface area contributed by atoms with E-state index in [1.54, 1.807) is 12.1 Å². The Morgan fingerprint density at radius 3 is 2.18 bits per heavy atom. The molecule has 110 valence electrons. The van der Waals surface area contributed by atoms with Crippen LogP contribution in [0.4, 0.5) is 0 Å². The van der Waals surface area contributed by atoms with Crippen LogP contribution in [-0.2, 0) is 17.6 Å². The van der Waals surface area contributed by atoms with Gasteiger partial charge in [-0.1, -0.05) is 65.7 Å². The predicted octanol–water partition coefficient (Wildman–Crippen LogP) is 4.90. The first-order valence-corrected chi connectivity index (χ1v) is 7.67. The summed E-state index contributed by atoms with van der Waals surface area (Å²) in [6.45, 7) is 0. The number of hydrogen-bond acceptors (Lipinski definition) is 2. The van der Waals surface area contributed by atoms with E-state index < -0.39 is 0 Å². The maximum absolute atomic E-state index is 12.2. The predicted molar refractivity (Wildman–Crippen MR) is 90.6 cm³/mol. The molecule has 0 saturated heterocycles. The van der Waals surface area contributed by atoms with Crippen molar-refractivity contribution in [3.8, 4) is 0 Å². The first kappa shape index (κ1) is 15.0. The summed E-state index contributed by atoms with van der Waals surface area (Å²) in [6.07, 6.45) is 0.692. The van der Waals surface area contributed by atoms with Gasteiger partial charge in [0.1, 0.15) is 16.1 Å². The fraction of sp³-hybridized carbons (Fsp3) is 0.111. The van der Waals surface area contributed by atoms with Gasteiger partial charge in [-0.25, -0.2) is 4.98 Å². The van der Waals surface area contributed by atoms with Crippen LogP contribution in [0.5, 0.6) is 0 Å². The van der Waals surface area contributed by atoms with Crippen molar-refractivity contribution in [2.45, 2.75) is 12.8 Å². The number of ketones is 1. The van der Waals surface area contributed by atoms with E-state index in [1.807, 2.05) is 30.3 Å². The molecule has 0 amide bonds. The minimum Gasteiger partial charge on any atom is -0.299 e. The Morgan fingerprint density at radius 2 is 1.45 bits per heavy atom. The van der Waals surface area contributed by atoms with Gasteiger partial charge >= 0.3 is 0 Å². The lowest BCUT2D eigenvalue weighted by Gasteiger charge is -2.05. The Hall–Kier alpha value is -1.90. The number of Topliss-reactive ketones (excluding diaryl/α,β-unsaturated/α-hetero) is 1. The van der Waals surface area contributed by atoms with Gasteiger partial charge in [-0.3, -0.25) is 4.79 Å². The smallest absolute Gasteiger partial charge is 0.141 e.